The molecule has 1 aliphatic rings. The van der Waals surface area contributed by atoms with Gasteiger partial charge in [0.25, 0.3) is 0 Å². The van der Waals surface area contributed by atoms with E-state index in [0.29, 0.717) is 12.2 Å². The largest absolute Gasteiger partial charge is 0.480 e. The molecule has 0 aliphatic carbocycles. The predicted molar refractivity (Wildman–Crippen MR) is 76.5 cm³/mol. The molecule has 0 aromatic heterocycles. The number of nitrogens with zero attached hydrogens (tertiary/aromatic N) is 1. The summed E-state index contributed by atoms with van der Waals surface area (Å²) in [5.41, 5.74) is 0.450. The highest BCUT2D eigenvalue weighted by Gasteiger charge is 2.44. The van der Waals surface area contributed by atoms with E-state index < -0.39 is 34.0 Å². The smallest absolute Gasteiger partial charge is 0.322 e. The number of carboxylic acid groups (broad SMARTS) is 1. The number of sulfonamides is 1. The van der Waals surface area contributed by atoms with Crippen LogP contribution in [0.15, 0.2) is 23.1 Å². The van der Waals surface area contributed by atoms with Gasteiger partial charge in [-0.15, -0.1) is 0 Å². The van der Waals surface area contributed by atoms with Crippen LogP contribution in [-0.4, -0.2) is 49.1 Å². The molecule has 1 N–H and O–H groups in total. The molecule has 0 spiro atoms. The van der Waals surface area contributed by atoms with Crippen LogP contribution < -0.4 is 0 Å². The van der Waals surface area contributed by atoms with Gasteiger partial charge in [-0.25, -0.2) is 12.8 Å². The number of rotatable bonds is 5. The molecular weight excluding hydrogens is 313 g/mol. The maximum Gasteiger partial charge on any atom is 0.322 e. The number of hydrogen-bond donors (Lipinski definition) is 1. The molecular formula is C14H18FNO5S. The lowest BCUT2D eigenvalue weighted by Gasteiger charge is -2.21. The molecule has 1 fully saturated rings. The number of halogens is 1. The summed E-state index contributed by atoms with van der Waals surface area (Å²) >= 11 is 0. The van der Waals surface area contributed by atoms with Gasteiger partial charge in [0.2, 0.25) is 10.0 Å². The van der Waals surface area contributed by atoms with Crippen molar-refractivity contribution < 1.29 is 27.4 Å². The van der Waals surface area contributed by atoms with Gasteiger partial charge in [-0.05, 0) is 37.6 Å². The predicted octanol–water partition coefficient (Wildman–Crippen LogP) is 1.39. The summed E-state index contributed by atoms with van der Waals surface area (Å²) in [5, 5.41) is 9.25. The topological polar surface area (TPSA) is 83.9 Å². The summed E-state index contributed by atoms with van der Waals surface area (Å²) in [6.07, 6.45) is -0.396. The molecule has 0 saturated carbocycles. The van der Waals surface area contributed by atoms with Crippen LogP contribution in [0, 0.1) is 12.7 Å². The van der Waals surface area contributed by atoms with Crippen LogP contribution in [-0.2, 0) is 19.6 Å². The SMILES string of the molecule is CCO[C@@H]1C[C@@H](C(=O)O)N(S(=O)(=O)c2cc(C)cc(F)c2)C1. The van der Waals surface area contributed by atoms with Crippen LogP contribution >= 0.6 is 0 Å². The number of aryl methyl sites for hydroxylation is 1. The van der Waals surface area contributed by atoms with Gasteiger partial charge in [0.05, 0.1) is 11.0 Å². The van der Waals surface area contributed by atoms with E-state index in [-0.39, 0.29) is 17.9 Å². The fourth-order valence-electron chi connectivity index (χ4n) is 2.60. The van der Waals surface area contributed by atoms with Gasteiger partial charge in [-0.1, -0.05) is 0 Å². The van der Waals surface area contributed by atoms with Gasteiger partial charge >= 0.3 is 5.97 Å². The van der Waals surface area contributed by atoms with Crippen LogP contribution in [0.25, 0.3) is 0 Å². The Labute approximate surface area is 128 Å². The number of aliphatic carboxylic acids is 1. The van der Waals surface area contributed by atoms with E-state index in [0.717, 1.165) is 10.4 Å². The molecule has 6 nitrogen and oxygen atoms in total. The number of carbonyl (C=O) groups is 1. The van der Waals surface area contributed by atoms with E-state index >= 15 is 0 Å². The lowest BCUT2D eigenvalue weighted by Crippen LogP contribution is -2.40. The maximum absolute atomic E-state index is 13.5. The quantitative estimate of drug-likeness (QED) is 0.881. The van der Waals surface area contributed by atoms with E-state index in [2.05, 4.69) is 0 Å². The van der Waals surface area contributed by atoms with Gasteiger partial charge in [0, 0.05) is 19.6 Å². The number of benzene rings is 1. The van der Waals surface area contributed by atoms with Crippen molar-refractivity contribution in [2.24, 2.45) is 0 Å². The zero-order chi connectivity index (χ0) is 16.5. The fraction of sp³-hybridized carbons (Fsp3) is 0.500. The second-order valence-electron chi connectivity index (χ2n) is 5.21. The van der Waals surface area contributed by atoms with Crippen molar-refractivity contribution in [2.45, 2.75) is 37.3 Å². The summed E-state index contributed by atoms with van der Waals surface area (Å²) in [4.78, 5) is 11.1. The highest BCUT2D eigenvalue weighted by Crippen LogP contribution is 2.28. The average molecular weight is 331 g/mol. The Kier molecular flexibility index (Phi) is 4.84. The minimum absolute atomic E-state index is 0.0529. The zero-order valence-corrected chi connectivity index (χ0v) is 13.1. The van der Waals surface area contributed by atoms with Gasteiger partial charge < -0.3 is 9.84 Å². The third-order valence-corrected chi connectivity index (χ3v) is 5.38. The first kappa shape index (κ1) is 16.9. The van der Waals surface area contributed by atoms with Gasteiger partial charge in [0.1, 0.15) is 11.9 Å². The lowest BCUT2D eigenvalue weighted by molar-refractivity contribution is -0.140. The van der Waals surface area contributed by atoms with Gasteiger partial charge in [0.15, 0.2) is 0 Å². The lowest BCUT2D eigenvalue weighted by atomic mass is 10.2. The molecule has 0 amide bonds. The minimum atomic E-state index is -4.10. The van der Waals surface area contributed by atoms with Crippen molar-refractivity contribution in [1.29, 1.82) is 0 Å². The molecule has 22 heavy (non-hydrogen) atoms. The van der Waals surface area contributed by atoms with E-state index in [4.69, 9.17) is 4.74 Å². The molecule has 0 radical (unpaired) electrons. The molecule has 1 aromatic carbocycles. The number of hydrogen-bond acceptors (Lipinski definition) is 4. The van der Waals surface area contributed by atoms with Crippen LogP contribution in [0.4, 0.5) is 4.39 Å². The Bertz CT molecular complexity index is 656. The average Bonchev–Trinajstić information content (AvgIpc) is 2.83. The molecule has 122 valence electrons. The Morgan fingerprint density at radius 1 is 1.45 bits per heavy atom. The zero-order valence-electron chi connectivity index (χ0n) is 12.3. The summed E-state index contributed by atoms with van der Waals surface area (Å²) in [6, 6.07) is 2.23. The molecule has 2 atom stereocenters. The maximum atomic E-state index is 13.5. The molecule has 2 rings (SSSR count). The van der Waals surface area contributed by atoms with Crippen LogP contribution in [0.2, 0.25) is 0 Å². The minimum Gasteiger partial charge on any atom is -0.480 e. The molecule has 1 aliphatic heterocycles. The van der Waals surface area contributed by atoms with Gasteiger partial charge in [-0.2, -0.15) is 4.31 Å². The van der Waals surface area contributed by atoms with Crippen molar-refractivity contribution >= 4 is 16.0 Å². The second-order valence-corrected chi connectivity index (χ2v) is 7.10. The van der Waals surface area contributed by atoms with E-state index in [1.165, 1.54) is 12.1 Å². The van der Waals surface area contributed by atoms with Crippen LogP contribution in [0.5, 0.6) is 0 Å². The Morgan fingerprint density at radius 3 is 2.68 bits per heavy atom. The van der Waals surface area contributed by atoms with Crippen molar-refractivity contribution in [3.63, 3.8) is 0 Å². The van der Waals surface area contributed by atoms with E-state index in [1.54, 1.807) is 13.8 Å². The van der Waals surface area contributed by atoms with Crippen LogP contribution in [0.3, 0.4) is 0 Å². The van der Waals surface area contributed by atoms with Crippen molar-refractivity contribution in [3.05, 3.63) is 29.6 Å². The monoisotopic (exact) mass is 331 g/mol. The van der Waals surface area contributed by atoms with Crippen molar-refractivity contribution in [1.82, 2.24) is 4.31 Å². The molecule has 0 bridgehead atoms. The Balaban J connectivity index is 2.40. The summed E-state index contributed by atoms with van der Waals surface area (Å²) < 4.78 is 45.0. The van der Waals surface area contributed by atoms with Crippen molar-refractivity contribution in [3.8, 4) is 0 Å². The fourth-order valence-corrected chi connectivity index (χ4v) is 4.34. The standard InChI is InChI=1S/C14H18FNO5S/c1-3-21-11-7-13(14(17)18)16(8-11)22(19,20)12-5-9(2)4-10(15)6-12/h4-6,11,13H,3,7-8H2,1-2H3,(H,17,18)/t11-,13+/m1/s1. The molecule has 1 aromatic rings. The van der Waals surface area contributed by atoms with Crippen molar-refractivity contribution in [2.75, 3.05) is 13.2 Å². The molecule has 1 saturated heterocycles. The third-order valence-electron chi connectivity index (χ3n) is 3.53. The molecule has 8 heteroatoms. The normalized spacial score (nSPS) is 22.9. The Hall–Kier alpha value is -1.51. The van der Waals surface area contributed by atoms with E-state index in [9.17, 15) is 22.7 Å². The first-order valence-corrected chi connectivity index (χ1v) is 8.33. The second kappa shape index (κ2) is 6.31. The number of ether oxygens (including phenoxy) is 1. The number of carboxylic acids is 1. The first-order valence-electron chi connectivity index (χ1n) is 6.89. The van der Waals surface area contributed by atoms with Gasteiger partial charge in [-0.3, -0.25) is 4.79 Å². The summed E-state index contributed by atoms with van der Waals surface area (Å²) in [6.45, 7) is 3.64. The van der Waals surface area contributed by atoms with E-state index in [1.807, 2.05) is 0 Å². The summed E-state index contributed by atoms with van der Waals surface area (Å²) in [7, 11) is -4.10. The first-order chi connectivity index (χ1) is 10.3. The highest BCUT2D eigenvalue weighted by atomic mass is 32.2. The van der Waals surface area contributed by atoms with Crippen LogP contribution in [0.1, 0.15) is 18.9 Å². The molecule has 0 unspecified atom stereocenters. The third kappa shape index (κ3) is 3.29. The summed E-state index contributed by atoms with van der Waals surface area (Å²) in [5.74, 6) is -1.91. The molecule has 1 heterocycles. The highest BCUT2D eigenvalue weighted by molar-refractivity contribution is 7.89. The Morgan fingerprint density at radius 2 is 2.14 bits per heavy atom.